The van der Waals surface area contributed by atoms with Gasteiger partial charge in [0.15, 0.2) is 0 Å². The number of methoxy groups -OCH3 is 1. The van der Waals surface area contributed by atoms with E-state index in [1.807, 2.05) is 24.0 Å². The summed E-state index contributed by atoms with van der Waals surface area (Å²) in [6.07, 6.45) is 4.82. The van der Waals surface area contributed by atoms with Crippen LogP contribution in [-0.2, 0) is 11.8 Å². The molecule has 0 radical (unpaired) electrons. The van der Waals surface area contributed by atoms with E-state index in [1.54, 1.807) is 7.11 Å². The van der Waals surface area contributed by atoms with Crippen LogP contribution in [0, 0.1) is 0 Å². The van der Waals surface area contributed by atoms with E-state index in [0.29, 0.717) is 6.04 Å². The van der Waals surface area contributed by atoms with Crippen molar-refractivity contribution >= 4 is 0 Å². The average molecular weight is 197 g/mol. The number of hydrogen-bond donors (Lipinski definition) is 1. The zero-order chi connectivity index (χ0) is 10.4. The lowest BCUT2D eigenvalue weighted by atomic mass is 10.3. The summed E-state index contributed by atoms with van der Waals surface area (Å²) in [5.41, 5.74) is 0. The number of aryl methyl sites for hydroxylation is 1. The van der Waals surface area contributed by atoms with Crippen molar-refractivity contribution in [2.24, 2.45) is 7.05 Å². The van der Waals surface area contributed by atoms with Gasteiger partial charge in [0.25, 0.3) is 0 Å². The van der Waals surface area contributed by atoms with Crippen molar-refractivity contribution in [3.05, 3.63) is 18.2 Å². The van der Waals surface area contributed by atoms with Crippen LogP contribution >= 0.6 is 0 Å². The number of imidazole rings is 1. The molecule has 1 N–H and O–H groups in total. The summed E-state index contributed by atoms with van der Waals surface area (Å²) in [6.45, 7) is 3.89. The predicted molar refractivity (Wildman–Crippen MR) is 56.1 cm³/mol. The van der Waals surface area contributed by atoms with Gasteiger partial charge in [-0.2, -0.15) is 0 Å². The quantitative estimate of drug-likeness (QED) is 0.694. The fourth-order valence-electron chi connectivity index (χ4n) is 1.42. The maximum absolute atomic E-state index is 4.98. The summed E-state index contributed by atoms with van der Waals surface area (Å²) in [5.74, 6) is 1.07. The number of aromatic nitrogens is 2. The molecular weight excluding hydrogens is 178 g/mol. The molecule has 1 atom stereocenters. The molecule has 0 saturated heterocycles. The molecule has 1 unspecified atom stereocenters. The lowest BCUT2D eigenvalue weighted by Gasteiger charge is -2.13. The minimum atomic E-state index is 0.298. The van der Waals surface area contributed by atoms with Crippen molar-refractivity contribution in [3.63, 3.8) is 0 Å². The fraction of sp³-hybridized carbons (Fsp3) is 0.700. The molecule has 14 heavy (non-hydrogen) atoms. The maximum Gasteiger partial charge on any atom is 0.125 e. The van der Waals surface area contributed by atoms with Crippen LogP contribution in [0.2, 0.25) is 0 Å². The first-order chi connectivity index (χ1) is 6.75. The first-order valence-electron chi connectivity index (χ1n) is 4.95. The second kappa shape index (κ2) is 5.78. The molecule has 1 rings (SSSR count). The maximum atomic E-state index is 4.98. The largest absolute Gasteiger partial charge is 0.385 e. The van der Waals surface area contributed by atoms with Gasteiger partial charge in [-0.15, -0.1) is 0 Å². The lowest BCUT2D eigenvalue weighted by Crippen LogP contribution is -2.23. The second-order valence-electron chi connectivity index (χ2n) is 3.42. The molecule has 0 aliphatic carbocycles. The highest BCUT2D eigenvalue weighted by Gasteiger charge is 2.08. The molecule has 0 aliphatic heterocycles. The Morgan fingerprint density at radius 2 is 2.43 bits per heavy atom. The summed E-state index contributed by atoms with van der Waals surface area (Å²) < 4.78 is 7.01. The topological polar surface area (TPSA) is 39.1 Å². The molecule has 0 aromatic carbocycles. The van der Waals surface area contributed by atoms with E-state index in [9.17, 15) is 0 Å². The van der Waals surface area contributed by atoms with Crippen LogP contribution in [0.1, 0.15) is 25.2 Å². The Labute approximate surface area is 85.3 Å². The molecule has 1 aromatic heterocycles. The van der Waals surface area contributed by atoms with Gasteiger partial charge in [-0.05, 0) is 19.9 Å². The monoisotopic (exact) mass is 197 g/mol. The second-order valence-corrected chi connectivity index (χ2v) is 3.42. The van der Waals surface area contributed by atoms with Crippen LogP contribution in [0.25, 0.3) is 0 Å². The van der Waals surface area contributed by atoms with Crippen molar-refractivity contribution in [2.75, 3.05) is 20.3 Å². The summed E-state index contributed by atoms with van der Waals surface area (Å²) in [6, 6.07) is 0.298. The molecule has 1 aromatic rings. The molecule has 80 valence electrons. The van der Waals surface area contributed by atoms with Gasteiger partial charge in [0, 0.05) is 33.2 Å². The van der Waals surface area contributed by atoms with Crippen molar-refractivity contribution in [2.45, 2.75) is 19.4 Å². The van der Waals surface area contributed by atoms with Crippen molar-refractivity contribution in [1.29, 1.82) is 0 Å². The molecule has 4 nitrogen and oxygen atoms in total. The highest BCUT2D eigenvalue weighted by Crippen LogP contribution is 2.07. The van der Waals surface area contributed by atoms with Gasteiger partial charge in [0.1, 0.15) is 5.82 Å². The first kappa shape index (κ1) is 11.2. The number of hydrogen-bond acceptors (Lipinski definition) is 3. The zero-order valence-electron chi connectivity index (χ0n) is 9.16. The number of ether oxygens (including phenoxy) is 1. The van der Waals surface area contributed by atoms with E-state index in [1.165, 1.54) is 0 Å². The summed E-state index contributed by atoms with van der Waals surface area (Å²) in [7, 11) is 3.73. The van der Waals surface area contributed by atoms with Gasteiger partial charge in [0.05, 0.1) is 6.04 Å². The first-order valence-corrected chi connectivity index (χ1v) is 4.95. The highest BCUT2D eigenvalue weighted by atomic mass is 16.5. The Morgan fingerprint density at radius 1 is 1.64 bits per heavy atom. The number of nitrogens with one attached hydrogen (secondary N) is 1. The van der Waals surface area contributed by atoms with E-state index in [2.05, 4.69) is 17.2 Å². The Balaban J connectivity index is 2.28. The van der Waals surface area contributed by atoms with E-state index >= 15 is 0 Å². The van der Waals surface area contributed by atoms with Gasteiger partial charge in [-0.3, -0.25) is 0 Å². The van der Waals surface area contributed by atoms with Gasteiger partial charge in [0.2, 0.25) is 0 Å². The van der Waals surface area contributed by atoms with E-state index in [-0.39, 0.29) is 0 Å². The Bertz CT molecular complexity index is 260. The smallest absolute Gasteiger partial charge is 0.125 e. The van der Waals surface area contributed by atoms with Crippen LogP contribution in [0.15, 0.2) is 12.4 Å². The minimum absolute atomic E-state index is 0.298. The van der Waals surface area contributed by atoms with E-state index in [0.717, 1.165) is 25.4 Å². The van der Waals surface area contributed by atoms with Gasteiger partial charge in [-0.25, -0.2) is 4.98 Å². The van der Waals surface area contributed by atoms with Crippen LogP contribution in [0.5, 0.6) is 0 Å². The Morgan fingerprint density at radius 3 is 3.00 bits per heavy atom. The van der Waals surface area contributed by atoms with E-state index in [4.69, 9.17) is 4.74 Å². The van der Waals surface area contributed by atoms with Crippen LogP contribution in [-0.4, -0.2) is 29.8 Å². The lowest BCUT2D eigenvalue weighted by molar-refractivity contribution is 0.193. The van der Waals surface area contributed by atoms with Crippen LogP contribution in [0.4, 0.5) is 0 Å². The number of nitrogens with zero attached hydrogens (tertiary/aromatic N) is 2. The van der Waals surface area contributed by atoms with Crippen LogP contribution in [0.3, 0.4) is 0 Å². The van der Waals surface area contributed by atoms with Gasteiger partial charge >= 0.3 is 0 Å². The van der Waals surface area contributed by atoms with Crippen LogP contribution < -0.4 is 5.32 Å². The molecule has 0 spiro atoms. The molecule has 0 aliphatic rings. The van der Waals surface area contributed by atoms with Crippen molar-refractivity contribution < 1.29 is 4.74 Å². The summed E-state index contributed by atoms with van der Waals surface area (Å²) >= 11 is 0. The molecule has 0 bridgehead atoms. The third kappa shape index (κ3) is 3.12. The molecular formula is C10H19N3O. The highest BCUT2D eigenvalue weighted by molar-refractivity contribution is 4.96. The summed E-state index contributed by atoms with van der Waals surface area (Å²) in [4.78, 5) is 4.28. The predicted octanol–water partition coefficient (Wildman–Crippen LogP) is 1.11. The van der Waals surface area contributed by atoms with E-state index < -0.39 is 0 Å². The molecule has 4 heteroatoms. The zero-order valence-corrected chi connectivity index (χ0v) is 9.16. The molecule has 0 fully saturated rings. The molecule has 0 amide bonds. The Hall–Kier alpha value is -0.870. The molecule has 0 saturated carbocycles. The third-order valence-electron chi connectivity index (χ3n) is 2.22. The van der Waals surface area contributed by atoms with Gasteiger partial charge < -0.3 is 14.6 Å². The Kier molecular flexibility index (Phi) is 4.62. The molecule has 1 heterocycles. The normalized spacial score (nSPS) is 13.1. The SMILES string of the molecule is COCCCNC(C)c1nccn1C. The van der Waals surface area contributed by atoms with Crippen molar-refractivity contribution in [3.8, 4) is 0 Å². The fourth-order valence-corrected chi connectivity index (χ4v) is 1.42. The van der Waals surface area contributed by atoms with Crippen molar-refractivity contribution in [1.82, 2.24) is 14.9 Å². The number of rotatable bonds is 6. The average Bonchev–Trinajstić information content (AvgIpc) is 2.59. The van der Waals surface area contributed by atoms with Gasteiger partial charge in [-0.1, -0.05) is 0 Å². The standard InChI is InChI=1S/C10H19N3O/c1-9(11-5-4-8-14-3)10-12-6-7-13(10)2/h6-7,9,11H,4-5,8H2,1-3H3. The summed E-state index contributed by atoms with van der Waals surface area (Å²) in [5, 5.41) is 3.40. The minimum Gasteiger partial charge on any atom is -0.385 e. The third-order valence-corrected chi connectivity index (χ3v) is 2.22.